The maximum absolute atomic E-state index is 8.26. The molecule has 0 amide bonds. The van der Waals surface area contributed by atoms with E-state index in [0.29, 0.717) is 22.8 Å². The largest absolute Gasteiger partial charge is 0.322 e. The molecule has 1 aliphatic heterocycles. The van der Waals surface area contributed by atoms with Crippen LogP contribution in [0.1, 0.15) is 40.7 Å². The van der Waals surface area contributed by atoms with Crippen LogP contribution in [0, 0.1) is 6.92 Å². The third-order valence-corrected chi connectivity index (χ3v) is 3.94. The van der Waals surface area contributed by atoms with Gasteiger partial charge in [0.05, 0.1) is 17.6 Å². The second-order valence-corrected chi connectivity index (χ2v) is 5.65. The zero-order valence-corrected chi connectivity index (χ0v) is 12.9. The number of fused-ring (bicyclic) bond motifs is 1. The monoisotopic (exact) mass is 313 g/mol. The first kappa shape index (κ1) is 8.11. The average Bonchev–Trinajstić information content (AvgIpc) is 3.06. The van der Waals surface area contributed by atoms with Gasteiger partial charge in [-0.2, -0.15) is 0 Å². The predicted molar refractivity (Wildman–Crippen MR) is 94.5 cm³/mol. The fourth-order valence-electron chi connectivity index (χ4n) is 2.74. The summed E-state index contributed by atoms with van der Waals surface area (Å²) in [5, 5.41) is 0. The van der Waals surface area contributed by atoms with Crippen molar-refractivity contribution >= 4 is 11.0 Å². The Hall–Kier alpha value is -2.13. The zero-order valence-electron chi connectivity index (χ0n) is 20.9. The second-order valence-electron chi connectivity index (χ2n) is 5.65. The molecule has 2 heterocycles. The quantitative estimate of drug-likeness (QED) is 0.726. The van der Waals surface area contributed by atoms with Gasteiger partial charge in [-0.05, 0) is 50.4 Å². The number of likely N-dealkylation sites (tertiary alicyclic amines) is 1. The highest BCUT2D eigenvalue weighted by Gasteiger charge is 2.17. The summed E-state index contributed by atoms with van der Waals surface area (Å²) in [7, 11) is 0. The van der Waals surface area contributed by atoms with E-state index < -0.39 is 25.7 Å². The molecule has 1 fully saturated rings. The number of imidazole rings is 1. The van der Waals surface area contributed by atoms with Crippen LogP contribution in [0.15, 0.2) is 48.5 Å². The molecule has 118 valence electrons. The lowest BCUT2D eigenvalue weighted by Gasteiger charge is -2.16. The van der Waals surface area contributed by atoms with Crippen LogP contribution in [0.25, 0.3) is 11.0 Å². The van der Waals surface area contributed by atoms with Crippen molar-refractivity contribution in [2.45, 2.75) is 32.8 Å². The maximum Gasteiger partial charge on any atom is 0.124 e. The Balaban J connectivity index is 1.81. The van der Waals surface area contributed by atoms with Gasteiger partial charge in [0.25, 0.3) is 0 Å². The van der Waals surface area contributed by atoms with Crippen LogP contribution < -0.4 is 0 Å². The van der Waals surface area contributed by atoms with Crippen LogP contribution in [0.4, 0.5) is 0 Å². The number of aryl methyl sites for hydroxylation is 1. The molecule has 0 aliphatic carbocycles. The van der Waals surface area contributed by atoms with Crippen molar-refractivity contribution in [3.05, 3.63) is 65.5 Å². The Morgan fingerprint density at radius 2 is 1.74 bits per heavy atom. The van der Waals surface area contributed by atoms with Crippen molar-refractivity contribution in [3.8, 4) is 0 Å². The van der Waals surface area contributed by atoms with Crippen LogP contribution in [-0.2, 0) is 13.1 Å². The van der Waals surface area contributed by atoms with E-state index in [4.69, 9.17) is 11.0 Å². The molecule has 0 radical (unpaired) electrons. The zero-order chi connectivity index (χ0) is 22.8. The number of hydrogen-bond donors (Lipinski definition) is 0. The molecule has 1 saturated heterocycles. The van der Waals surface area contributed by atoms with E-state index in [0.717, 1.165) is 16.6 Å². The Labute approximate surface area is 148 Å². The Morgan fingerprint density at radius 1 is 1.00 bits per heavy atom. The number of benzene rings is 2. The minimum atomic E-state index is -3.06. The van der Waals surface area contributed by atoms with Gasteiger partial charge in [-0.1, -0.05) is 42.0 Å². The van der Waals surface area contributed by atoms with Crippen molar-refractivity contribution in [2.24, 2.45) is 0 Å². The van der Waals surface area contributed by atoms with Gasteiger partial charge in [0.15, 0.2) is 0 Å². The summed E-state index contributed by atoms with van der Waals surface area (Å²) >= 11 is 0. The van der Waals surface area contributed by atoms with Crippen molar-refractivity contribution in [1.82, 2.24) is 14.5 Å². The molecular formula is C20H23N3. The molecule has 0 unspecified atom stereocenters. The maximum atomic E-state index is 8.26. The first-order chi connectivity index (χ1) is 14.3. The smallest absolute Gasteiger partial charge is 0.124 e. The molecule has 3 heteroatoms. The van der Waals surface area contributed by atoms with Gasteiger partial charge in [0.2, 0.25) is 0 Å². The van der Waals surface area contributed by atoms with Gasteiger partial charge in [-0.15, -0.1) is 0 Å². The normalized spacial score (nSPS) is 29.4. The highest BCUT2D eigenvalue weighted by atomic mass is 15.2. The molecule has 3 nitrogen and oxygen atoms in total. The molecule has 23 heavy (non-hydrogen) atoms. The minimum absolute atomic E-state index is 0.336. The number of para-hydroxylation sites is 2. The fraction of sp³-hybridized carbons (Fsp3) is 0.350. The summed E-state index contributed by atoms with van der Waals surface area (Å²) in [6.07, 6.45) is -6.12. The SMILES string of the molecule is [2H]C1([2H])N(Cc2nc3ccccc3n2Cc2ccc(C)cc2)C([2H])([2H])C([2H])([2H])C1([2H])[2H]. The van der Waals surface area contributed by atoms with Crippen molar-refractivity contribution in [1.29, 1.82) is 0 Å². The Kier molecular flexibility index (Phi) is 2.18. The summed E-state index contributed by atoms with van der Waals surface area (Å²) in [6, 6.07) is 15.2. The summed E-state index contributed by atoms with van der Waals surface area (Å²) in [6.45, 7) is -3.75. The lowest BCUT2D eigenvalue weighted by molar-refractivity contribution is 0.318. The van der Waals surface area contributed by atoms with E-state index in [1.807, 2.05) is 54.0 Å². The van der Waals surface area contributed by atoms with E-state index >= 15 is 0 Å². The first-order valence-corrected chi connectivity index (χ1v) is 7.58. The molecule has 4 rings (SSSR count). The predicted octanol–water partition coefficient (Wildman–Crippen LogP) is 3.99. The fourth-order valence-corrected chi connectivity index (χ4v) is 2.74. The standard InChI is InChI=1S/C20H23N3/c1-16-8-10-17(11-9-16)14-23-19-7-3-2-6-18(19)21-20(23)15-22-12-4-5-13-22/h2-3,6-11H,4-5,12-15H2,1H3/i4D2,5D2,12D2,13D2. The van der Waals surface area contributed by atoms with E-state index in [9.17, 15) is 0 Å². The number of aromatic nitrogens is 2. The van der Waals surface area contributed by atoms with Gasteiger partial charge >= 0.3 is 0 Å². The van der Waals surface area contributed by atoms with Gasteiger partial charge in [0.1, 0.15) is 5.82 Å². The molecule has 1 aromatic heterocycles. The van der Waals surface area contributed by atoms with Gasteiger partial charge in [-0.25, -0.2) is 4.98 Å². The lowest BCUT2D eigenvalue weighted by atomic mass is 10.1. The van der Waals surface area contributed by atoms with Crippen molar-refractivity contribution in [3.63, 3.8) is 0 Å². The highest BCUT2D eigenvalue weighted by Crippen LogP contribution is 2.21. The molecule has 0 saturated carbocycles. The number of hydrogen-bond acceptors (Lipinski definition) is 2. The van der Waals surface area contributed by atoms with Crippen LogP contribution in [0.2, 0.25) is 0 Å². The van der Waals surface area contributed by atoms with Crippen molar-refractivity contribution < 1.29 is 11.0 Å². The van der Waals surface area contributed by atoms with Crippen LogP contribution in [-0.4, -0.2) is 27.4 Å². The molecule has 0 bridgehead atoms. The first-order valence-electron chi connectivity index (χ1n) is 11.6. The third-order valence-electron chi connectivity index (χ3n) is 3.94. The summed E-state index contributed by atoms with van der Waals surface area (Å²) in [4.78, 5) is 5.18. The minimum Gasteiger partial charge on any atom is -0.322 e. The summed E-state index contributed by atoms with van der Waals surface area (Å²) < 4.78 is 66.9. The Morgan fingerprint density at radius 3 is 2.52 bits per heavy atom. The van der Waals surface area contributed by atoms with E-state index in [2.05, 4.69) is 4.98 Å². The molecule has 0 spiro atoms. The van der Waals surface area contributed by atoms with E-state index in [1.165, 1.54) is 0 Å². The van der Waals surface area contributed by atoms with E-state index in [1.54, 1.807) is 6.07 Å². The number of rotatable bonds is 4. The molecule has 0 atom stereocenters. The highest BCUT2D eigenvalue weighted by molar-refractivity contribution is 5.76. The molecule has 2 aromatic carbocycles. The van der Waals surface area contributed by atoms with Crippen LogP contribution >= 0.6 is 0 Å². The summed E-state index contributed by atoms with van der Waals surface area (Å²) in [5.74, 6) is 0.336. The van der Waals surface area contributed by atoms with Crippen LogP contribution in [0.5, 0.6) is 0 Å². The molecule has 3 aromatic rings. The van der Waals surface area contributed by atoms with Gasteiger partial charge in [-0.3, -0.25) is 4.90 Å². The lowest BCUT2D eigenvalue weighted by Crippen LogP contribution is -2.21. The van der Waals surface area contributed by atoms with Crippen LogP contribution in [0.3, 0.4) is 0 Å². The molecular weight excluding hydrogens is 282 g/mol. The molecule has 0 N–H and O–H groups in total. The van der Waals surface area contributed by atoms with Gasteiger partial charge in [0, 0.05) is 17.5 Å². The number of nitrogens with zero attached hydrogens (tertiary/aromatic N) is 3. The van der Waals surface area contributed by atoms with E-state index in [-0.39, 0.29) is 6.54 Å². The second kappa shape index (κ2) is 6.17. The Bertz CT molecular complexity index is 1100. The van der Waals surface area contributed by atoms with Crippen molar-refractivity contribution in [2.75, 3.05) is 13.0 Å². The third kappa shape index (κ3) is 3.02. The van der Waals surface area contributed by atoms with Gasteiger partial charge < -0.3 is 4.57 Å². The summed E-state index contributed by atoms with van der Waals surface area (Å²) in [5.41, 5.74) is 3.52. The topological polar surface area (TPSA) is 21.1 Å². The average molecular weight is 313 g/mol. The molecule has 1 aliphatic rings.